The zero-order valence-corrected chi connectivity index (χ0v) is 9.36. The van der Waals surface area contributed by atoms with Gasteiger partial charge in [0.1, 0.15) is 5.82 Å². The van der Waals surface area contributed by atoms with Gasteiger partial charge in [0.25, 0.3) is 0 Å². The molecule has 1 aromatic carbocycles. The van der Waals surface area contributed by atoms with Gasteiger partial charge in [0.05, 0.1) is 0 Å². The van der Waals surface area contributed by atoms with E-state index >= 15 is 0 Å². The van der Waals surface area contributed by atoms with Crippen LogP contribution in [-0.2, 0) is 13.1 Å². The van der Waals surface area contributed by atoms with Crippen molar-refractivity contribution in [3.63, 3.8) is 0 Å². The van der Waals surface area contributed by atoms with Crippen molar-refractivity contribution in [2.75, 3.05) is 0 Å². The molecule has 0 aliphatic rings. The third-order valence-corrected chi connectivity index (χ3v) is 3.02. The fourth-order valence-corrected chi connectivity index (χ4v) is 2.12. The van der Waals surface area contributed by atoms with Gasteiger partial charge in [-0.15, -0.1) is 11.3 Å². The van der Waals surface area contributed by atoms with E-state index in [4.69, 9.17) is 0 Å². The number of nitrogens with one attached hydrogen (secondary N) is 1. The molecule has 16 heavy (non-hydrogen) atoms. The number of hydrogen-bond donors (Lipinski definition) is 1. The van der Waals surface area contributed by atoms with Crippen molar-refractivity contribution in [3.8, 4) is 0 Å². The second-order valence-corrected chi connectivity index (χ2v) is 4.56. The summed E-state index contributed by atoms with van der Waals surface area (Å²) in [6.45, 7) is 1.18. The summed E-state index contributed by atoms with van der Waals surface area (Å²) in [6.07, 6.45) is 0. The minimum absolute atomic E-state index is 0.178. The van der Waals surface area contributed by atoms with Crippen LogP contribution in [0.3, 0.4) is 0 Å². The lowest BCUT2D eigenvalue weighted by molar-refractivity contribution is 0.620. The summed E-state index contributed by atoms with van der Waals surface area (Å²) in [4.78, 5) is 0.939. The van der Waals surface area contributed by atoms with Crippen LogP contribution >= 0.6 is 11.3 Å². The van der Waals surface area contributed by atoms with Gasteiger partial charge in [-0.3, -0.25) is 0 Å². The molecule has 4 heteroatoms. The fourth-order valence-electron chi connectivity index (χ4n) is 1.42. The number of hydrogen-bond acceptors (Lipinski definition) is 2. The molecule has 0 radical (unpaired) electrons. The monoisotopic (exact) mass is 239 g/mol. The SMILES string of the molecule is Fc1cccc(CNCc2ccc(F)s2)c1. The first-order valence-corrected chi connectivity index (χ1v) is 5.75. The molecule has 0 atom stereocenters. The topological polar surface area (TPSA) is 12.0 Å². The molecule has 1 aromatic heterocycles. The molecule has 0 spiro atoms. The molecule has 0 bridgehead atoms. The standard InChI is InChI=1S/C12H11F2NS/c13-10-3-1-2-9(6-10)7-15-8-11-4-5-12(14)16-11/h1-6,15H,7-8H2. The largest absolute Gasteiger partial charge is 0.308 e. The molecule has 0 amide bonds. The Morgan fingerprint density at radius 3 is 2.62 bits per heavy atom. The zero-order chi connectivity index (χ0) is 11.4. The Hall–Kier alpha value is -1.26. The van der Waals surface area contributed by atoms with Gasteiger partial charge in [-0.2, -0.15) is 4.39 Å². The van der Waals surface area contributed by atoms with Crippen LogP contribution in [0, 0.1) is 10.9 Å². The first-order chi connectivity index (χ1) is 7.74. The van der Waals surface area contributed by atoms with E-state index < -0.39 is 0 Å². The lowest BCUT2D eigenvalue weighted by Gasteiger charge is -2.03. The normalized spacial score (nSPS) is 10.6. The number of thiophene rings is 1. The summed E-state index contributed by atoms with van der Waals surface area (Å²) in [6, 6.07) is 9.63. The van der Waals surface area contributed by atoms with Crippen LogP contribution in [0.5, 0.6) is 0 Å². The first kappa shape index (κ1) is 11.2. The van der Waals surface area contributed by atoms with E-state index in [1.54, 1.807) is 12.1 Å². The number of benzene rings is 1. The number of halogens is 2. The van der Waals surface area contributed by atoms with Gasteiger partial charge in [-0.05, 0) is 29.8 Å². The molecule has 1 nitrogen and oxygen atoms in total. The Balaban J connectivity index is 1.84. The maximum Gasteiger partial charge on any atom is 0.176 e. The van der Waals surface area contributed by atoms with Crippen LogP contribution in [0.25, 0.3) is 0 Å². The lowest BCUT2D eigenvalue weighted by atomic mass is 10.2. The minimum atomic E-state index is -0.235. The summed E-state index contributed by atoms with van der Waals surface area (Å²) in [5.74, 6) is -0.235. The van der Waals surface area contributed by atoms with Crippen LogP contribution in [0.2, 0.25) is 0 Å². The summed E-state index contributed by atoms with van der Waals surface area (Å²) in [7, 11) is 0. The quantitative estimate of drug-likeness (QED) is 0.863. The van der Waals surface area contributed by atoms with Gasteiger partial charge in [0.2, 0.25) is 0 Å². The van der Waals surface area contributed by atoms with Gasteiger partial charge in [-0.1, -0.05) is 12.1 Å². The molecule has 0 aliphatic carbocycles. The average Bonchev–Trinajstić information content (AvgIpc) is 2.64. The Morgan fingerprint density at radius 1 is 1.06 bits per heavy atom. The Labute approximate surface area is 96.7 Å². The van der Waals surface area contributed by atoms with Crippen molar-refractivity contribution in [1.82, 2.24) is 5.32 Å². The molecule has 0 saturated heterocycles. The molecule has 0 aliphatic heterocycles. The van der Waals surface area contributed by atoms with Crippen LogP contribution in [0.1, 0.15) is 10.4 Å². The van der Waals surface area contributed by atoms with E-state index in [0.29, 0.717) is 13.1 Å². The Kier molecular flexibility index (Phi) is 3.64. The summed E-state index contributed by atoms with van der Waals surface area (Å²) >= 11 is 1.12. The van der Waals surface area contributed by atoms with Gasteiger partial charge in [0, 0.05) is 18.0 Å². The van der Waals surface area contributed by atoms with Crippen LogP contribution < -0.4 is 5.32 Å². The molecule has 0 saturated carbocycles. The van der Waals surface area contributed by atoms with Crippen molar-refractivity contribution >= 4 is 11.3 Å². The zero-order valence-electron chi connectivity index (χ0n) is 8.54. The highest BCUT2D eigenvalue weighted by molar-refractivity contribution is 7.10. The second kappa shape index (κ2) is 5.18. The maximum atomic E-state index is 12.8. The molecule has 0 fully saturated rings. The molecule has 2 aromatic rings. The van der Waals surface area contributed by atoms with Gasteiger partial charge >= 0.3 is 0 Å². The van der Waals surface area contributed by atoms with E-state index in [-0.39, 0.29) is 10.9 Å². The molecule has 1 N–H and O–H groups in total. The van der Waals surface area contributed by atoms with E-state index in [9.17, 15) is 8.78 Å². The summed E-state index contributed by atoms with van der Waals surface area (Å²) < 4.78 is 25.5. The maximum absolute atomic E-state index is 12.8. The van der Waals surface area contributed by atoms with Crippen molar-refractivity contribution < 1.29 is 8.78 Å². The van der Waals surface area contributed by atoms with E-state index in [2.05, 4.69) is 5.32 Å². The van der Waals surface area contributed by atoms with Crippen molar-refractivity contribution in [3.05, 3.63) is 57.8 Å². The van der Waals surface area contributed by atoms with Gasteiger partial charge in [-0.25, -0.2) is 4.39 Å². The third-order valence-electron chi connectivity index (χ3n) is 2.15. The lowest BCUT2D eigenvalue weighted by Crippen LogP contribution is -2.11. The highest BCUT2D eigenvalue weighted by atomic mass is 32.1. The summed E-state index contributed by atoms with van der Waals surface area (Å²) in [5, 5.41) is 2.96. The van der Waals surface area contributed by atoms with Crippen molar-refractivity contribution in [2.24, 2.45) is 0 Å². The highest BCUT2D eigenvalue weighted by Gasteiger charge is 1.99. The molecule has 1 heterocycles. The van der Waals surface area contributed by atoms with Gasteiger partial charge < -0.3 is 5.32 Å². The first-order valence-electron chi connectivity index (χ1n) is 4.93. The minimum Gasteiger partial charge on any atom is -0.308 e. The van der Waals surface area contributed by atoms with Crippen LogP contribution in [-0.4, -0.2) is 0 Å². The van der Waals surface area contributed by atoms with Crippen LogP contribution in [0.4, 0.5) is 8.78 Å². The van der Waals surface area contributed by atoms with E-state index in [1.807, 2.05) is 6.07 Å². The molecule has 0 unspecified atom stereocenters. The summed E-state index contributed by atoms with van der Waals surface area (Å²) in [5.41, 5.74) is 0.886. The van der Waals surface area contributed by atoms with Gasteiger partial charge in [0.15, 0.2) is 5.13 Å². The third kappa shape index (κ3) is 3.12. The van der Waals surface area contributed by atoms with Crippen molar-refractivity contribution in [1.29, 1.82) is 0 Å². The van der Waals surface area contributed by atoms with Crippen LogP contribution in [0.15, 0.2) is 36.4 Å². The van der Waals surface area contributed by atoms with Crippen molar-refractivity contribution in [2.45, 2.75) is 13.1 Å². The Morgan fingerprint density at radius 2 is 1.94 bits per heavy atom. The Bertz CT molecular complexity index is 468. The van der Waals surface area contributed by atoms with E-state index in [0.717, 1.165) is 21.8 Å². The molecule has 2 rings (SSSR count). The molecular formula is C12H11F2NS. The predicted octanol–water partition coefficient (Wildman–Crippen LogP) is 3.32. The predicted molar refractivity (Wildman–Crippen MR) is 61.2 cm³/mol. The van der Waals surface area contributed by atoms with E-state index in [1.165, 1.54) is 18.2 Å². The second-order valence-electron chi connectivity index (χ2n) is 3.44. The molecular weight excluding hydrogens is 228 g/mol. The molecule has 84 valence electrons. The smallest absolute Gasteiger partial charge is 0.176 e. The highest BCUT2D eigenvalue weighted by Crippen LogP contribution is 2.14. The fraction of sp³-hybridized carbons (Fsp3) is 0.167. The number of rotatable bonds is 4. The average molecular weight is 239 g/mol.